The van der Waals surface area contributed by atoms with Crippen LogP contribution in [0.25, 0.3) is 0 Å². The Morgan fingerprint density at radius 2 is 2.04 bits per heavy atom. The maximum atomic E-state index is 12.3. The lowest BCUT2D eigenvalue weighted by Gasteiger charge is -2.37. The van der Waals surface area contributed by atoms with Crippen molar-refractivity contribution in [3.05, 3.63) is 22.4 Å². The van der Waals surface area contributed by atoms with Crippen molar-refractivity contribution < 1.29 is 13.2 Å². The molecule has 0 N–H and O–H groups in total. The molecule has 7 heteroatoms. The molecular formula is C16H24N2O3S2. The Labute approximate surface area is 142 Å². The first kappa shape index (κ1) is 16.9. The van der Waals surface area contributed by atoms with Gasteiger partial charge in [0, 0.05) is 43.5 Å². The summed E-state index contributed by atoms with van der Waals surface area (Å²) in [4.78, 5) is 17.8. The third kappa shape index (κ3) is 4.55. The first-order valence-corrected chi connectivity index (χ1v) is 11.0. The molecule has 128 valence electrons. The van der Waals surface area contributed by atoms with Crippen LogP contribution in [0.4, 0.5) is 0 Å². The summed E-state index contributed by atoms with van der Waals surface area (Å²) in [7, 11) is -2.83. The molecule has 1 amide bonds. The number of sulfone groups is 1. The summed E-state index contributed by atoms with van der Waals surface area (Å²) in [6.45, 7) is 3.07. The van der Waals surface area contributed by atoms with Crippen LogP contribution in [0.3, 0.4) is 0 Å². The van der Waals surface area contributed by atoms with Crippen molar-refractivity contribution in [1.82, 2.24) is 9.80 Å². The van der Waals surface area contributed by atoms with Crippen molar-refractivity contribution >= 4 is 27.1 Å². The molecule has 0 aliphatic carbocycles. The normalized spacial score (nSPS) is 24.9. The molecule has 23 heavy (non-hydrogen) atoms. The van der Waals surface area contributed by atoms with E-state index in [0.717, 1.165) is 45.4 Å². The summed E-state index contributed by atoms with van der Waals surface area (Å²) in [5.74, 6) is 0.849. The zero-order valence-electron chi connectivity index (χ0n) is 13.3. The highest BCUT2D eigenvalue weighted by Crippen LogP contribution is 2.20. The fourth-order valence-electron chi connectivity index (χ4n) is 3.43. The van der Waals surface area contributed by atoms with Gasteiger partial charge in [-0.25, -0.2) is 8.42 Å². The lowest BCUT2D eigenvalue weighted by molar-refractivity contribution is -0.133. The minimum atomic E-state index is -2.83. The maximum Gasteiger partial charge on any atom is 0.222 e. The van der Waals surface area contributed by atoms with E-state index in [0.29, 0.717) is 17.9 Å². The molecule has 5 nitrogen and oxygen atoms in total. The van der Waals surface area contributed by atoms with E-state index in [1.807, 2.05) is 11.0 Å². The highest BCUT2D eigenvalue weighted by atomic mass is 32.2. The number of nitrogens with zero attached hydrogens (tertiary/aromatic N) is 2. The van der Waals surface area contributed by atoms with E-state index in [-0.39, 0.29) is 11.9 Å². The van der Waals surface area contributed by atoms with E-state index in [2.05, 4.69) is 16.3 Å². The van der Waals surface area contributed by atoms with Gasteiger partial charge in [0.25, 0.3) is 0 Å². The molecule has 1 aromatic heterocycles. The summed E-state index contributed by atoms with van der Waals surface area (Å²) in [5.41, 5.74) is 0. The van der Waals surface area contributed by atoms with E-state index >= 15 is 0 Å². The third-order valence-corrected chi connectivity index (χ3v) is 7.47. The zero-order valence-corrected chi connectivity index (χ0v) is 14.9. The molecule has 0 aromatic carbocycles. The number of hydrogen-bond acceptors (Lipinski definition) is 5. The number of aryl methyl sites for hydroxylation is 1. The third-order valence-electron chi connectivity index (χ3n) is 4.79. The second kappa shape index (κ2) is 7.32. The minimum absolute atomic E-state index is 0.163. The van der Waals surface area contributed by atoms with Crippen LogP contribution in [-0.2, 0) is 21.1 Å². The lowest BCUT2D eigenvalue weighted by atomic mass is 10.1. The molecule has 2 saturated heterocycles. The van der Waals surface area contributed by atoms with Crippen molar-refractivity contribution in [1.29, 1.82) is 0 Å². The summed E-state index contributed by atoms with van der Waals surface area (Å²) < 4.78 is 23.2. The lowest BCUT2D eigenvalue weighted by Crippen LogP contribution is -2.52. The van der Waals surface area contributed by atoms with Gasteiger partial charge in [-0.2, -0.15) is 0 Å². The van der Waals surface area contributed by atoms with Crippen LogP contribution in [0.15, 0.2) is 17.5 Å². The van der Waals surface area contributed by atoms with Crippen molar-refractivity contribution in [2.75, 3.05) is 37.7 Å². The van der Waals surface area contributed by atoms with E-state index in [4.69, 9.17) is 0 Å². The van der Waals surface area contributed by atoms with Crippen molar-refractivity contribution in [3.8, 4) is 0 Å². The summed E-state index contributed by atoms with van der Waals surface area (Å²) in [6, 6.07) is 4.32. The topological polar surface area (TPSA) is 57.7 Å². The van der Waals surface area contributed by atoms with Crippen LogP contribution in [0, 0.1) is 0 Å². The number of carbonyl (C=O) groups excluding carboxylic acids is 1. The molecule has 3 heterocycles. The Kier molecular flexibility index (Phi) is 5.38. The molecule has 1 atom stereocenters. The zero-order chi connectivity index (χ0) is 16.3. The molecule has 2 fully saturated rings. The van der Waals surface area contributed by atoms with Crippen molar-refractivity contribution in [2.45, 2.75) is 31.7 Å². The number of hydrogen-bond donors (Lipinski definition) is 0. The smallest absolute Gasteiger partial charge is 0.222 e. The molecule has 3 rings (SSSR count). The molecule has 0 saturated carbocycles. The highest BCUT2D eigenvalue weighted by Gasteiger charge is 2.34. The molecule has 1 unspecified atom stereocenters. The molecule has 2 aliphatic heterocycles. The van der Waals surface area contributed by atoms with Crippen LogP contribution in [0.2, 0.25) is 0 Å². The van der Waals surface area contributed by atoms with Crippen molar-refractivity contribution in [3.63, 3.8) is 0 Å². The number of thiophene rings is 1. The van der Waals surface area contributed by atoms with E-state index in [1.165, 1.54) is 4.88 Å². The molecule has 1 aromatic rings. The first-order chi connectivity index (χ1) is 11.0. The van der Waals surface area contributed by atoms with E-state index < -0.39 is 9.84 Å². The van der Waals surface area contributed by atoms with Gasteiger partial charge in [-0.1, -0.05) is 6.07 Å². The van der Waals surface area contributed by atoms with Crippen LogP contribution >= 0.6 is 11.3 Å². The SMILES string of the molecule is O=C(CCCc1cccs1)N1CCN(C2CCS(=O)(=O)C2)CC1. The highest BCUT2D eigenvalue weighted by molar-refractivity contribution is 7.91. The minimum Gasteiger partial charge on any atom is -0.340 e. The fourth-order valence-corrected chi connectivity index (χ4v) is 5.94. The standard InChI is InChI=1S/C16H24N2O3S2/c19-16(5-1-3-15-4-2-11-22-15)18-9-7-17(8-10-18)14-6-12-23(20,21)13-14/h2,4,11,14H,1,3,5-10,12-13H2. The summed E-state index contributed by atoms with van der Waals surface area (Å²) >= 11 is 1.74. The second-order valence-corrected chi connectivity index (χ2v) is 9.67. The average Bonchev–Trinajstić information content (AvgIpc) is 3.17. The average molecular weight is 357 g/mol. The van der Waals surface area contributed by atoms with E-state index in [9.17, 15) is 13.2 Å². The predicted molar refractivity (Wildman–Crippen MR) is 92.5 cm³/mol. The molecule has 2 aliphatic rings. The largest absolute Gasteiger partial charge is 0.340 e. The Balaban J connectivity index is 1.39. The van der Waals surface area contributed by atoms with Gasteiger partial charge in [-0.3, -0.25) is 9.69 Å². The summed E-state index contributed by atoms with van der Waals surface area (Å²) in [6.07, 6.45) is 3.23. The summed E-state index contributed by atoms with van der Waals surface area (Å²) in [5, 5.41) is 2.07. The Hall–Kier alpha value is -0.920. The van der Waals surface area contributed by atoms with Gasteiger partial charge in [0.2, 0.25) is 5.91 Å². The van der Waals surface area contributed by atoms with Crippen LogP contribution < -0.4 is 0 Å². The first-order valence-electron chi connectivity index (χ1n) is 8.28. The maximum absolute atomic E-state index is 12.3. The fraction of sp³-hybridized carbons (Fsp3) is 0.688. The van der Waals surface area contributed by atoms with Gasteiger partial charge < -0.3 is 4.90 Å². The molecule has 0 radical (unpaired) electrons. The number of piperazine rings is 1. The van der Waals surface area contributed by atoms with Gasteiger partial charge in [0.1, 0.15) is 0 Å². The quantitative estimate of drug-likeness (QED) is 0.800. The van der Waals surface area contributed by atoms with Gasteiger partial charge in [0.05, 0.1) is 11.5 Å². The number of carbonyl (C=O) groups is 1. The molecular weight excluding hydrogens is 332 g/mol. The van der Waals surface area contributed by atoms with Gasteiger partial charge >= 0.3 is 0 Å². The van der Waals surface area contributed by atoms with Gasteiger partial charge in [0.15, 0.2) is 9.84 Å². The number of rotatable bonds is 5. The number of amides is 1. The van der Waals surface area contributed by atoms with E-state index in [1.54, 1.807) is 11.3 Å². The Morgan fingerprint density at radius 1 is 1.26 bits per heavy atom. The monoisotopic (exact) mass is 356 g/mol. The van der Waals surface area contributed by atoms with Crippen LogP contribution in [0.1, 0.15) is 24.1 Å². The van der Waals surface area contributed by atoms with Gasteiger partial charge in [-0.15, -0.1) is 11.3 Å². The predicted octanol–water partition coefficient (Wildman–Crippen LogP) is 1.40. The Morgan fingerprint density at radius 3 is 2.65 bits per heavy atom. The second-order valence-electron chi connectivity index (χ2n) is 6.41. The molecule has 0 bridgehead atoms. The van der Waals surface area contributed by atoms with Crippen LogP contribution in [-0.4, -0.2) is 67.9 Å². The molecule has 0 spiro atoms. The Bertz CT molecular complexity index is 620. The van der Waals surface area contributed by atoms with Crippen LogP contribution in [0.5, 0.6) is 0 Å². The van der Waals surface area contributed by atoms with Gasteiger partial charge in [-0.05, 0) is 30.7 Å². The van der Waals surface area contributed by atoms with Crippen molar-refractivity contribution in [2.24, 2.45) is 0 Å².